The summed E-state index contributed by atoms with van der Waals surface area (Å²) in [5, 5.41) is 7.91. The Morgan fingerprint density at radius 1 is 1.18 bits per heavy atom. The molecule has 2 aromatic heterocycles. The van der Waals surface area contributed by atoms with E-state index in [9.17, 15) is 0 Å². The van der Waals surface area contributed by atoms with Crippen molar-refractivity contribution in [1.29, 1.82) is 0 Å². The molecule has 1 N–H and O–H groups in total. The second kappa shape index (κ2) is 5.22. The van der Waals surface area contributed by atoms with Gasteiger partial charge in [-0.15, -0.1) is 5.10 Å². The van der Waals surface area contributed by atoms with E-state index in [2.05, 4.69) is 22.3 Å². The molecule has 0 spiro atoms. The number of aromatic nitrogens is 3. The van der Waals surface area contributed by atoms with Crippen LogP contribution in [0.3, 0.4) is 0 Å². The van der Waals surface area contributed by atoms with Gasteiger partial charge in [0.2, 0.25) is 6.79 Å². The van der Waals surface area contributed by atoms with Gasteiger partial charge in [0.25, 0.3) is 0 Å². The van der Waals surface area contributed by atoms with Gasteiger partial charge in [0.1, 0.15) is 5.82 Å². The van der Waals surface area contributed by atoms with Crippen LogP contribution in [0, 0.1) is 0 Å². The van der Waals surface area contributed by atoms with Gasteiger partial charge in [0, 0.05) is 12.1 Å². The summed E-state index contributed by atoms with van der Waals surface area (Å²) in [6, 6.07) is 9.77. The molecule has 4 rings (SSSR count). The maximum Gasteiger partial charge on any atom is 0.231 e. The molecule has 0 saturated heterocycles. The Kier molecular flexibility index (Phi) is 3.07. The third kappa shape index (κ3) is 2.13. The van der Waals surface area contributed by atoms with Crippen molar-refractivity contribution in [3.63, 3.8) is 0 Å². The molecule has 0 saturated carbocycles. The van der Waals surface area contributed by atoms with Crippen molar-refractivity contribution < 1.29 is 9.47 Å². The van der Waals surface area contributed by atoms with Crippen LogP contribution >= 0.6 is 0 Å². The second-order valence-corrected chi connectivity index (χ2v) is 5.13. The van der Waals surface area contributed by atoms with Crippen LogP contribution in [0.25, 0.3) is 16.9 Å². The Morgan fingerprint density at radius 2 is 2.09 bits per heavy atom. The Hall–Kier alpha value is -2.76. The fourth-order valence-electron chi connectivity index (χ4n) is 2.47. The summed E-state index contributed by atoms with van der Waals surface area (Å²) in [6.07, 6.45) is 2.88. The summed E-state index contributed by atoms with van der Waals surface area (Å²) in [6.45, 7) is 3.29. The third-order valence-corrected chi connectivity index (χ3v) is 3.59. The van der Waals surface area contributed by atoms with Gasteiger partial charge in [-0.1, -0.05) is 6.92 Å². The van der Waals surface area contributed by atoms with E-state index < -0.39 is 0 Å². The number of rotatable bonds is 4. The van der Waals surface area contributed by atoms with Crippen molar-refractivity contribution in [2.75, 3.05) is 18.7 Å². The molecule has 6 nitrogen and oxygen atoms in total. The van der Waals surface area contributed by atoms with Crippen LogP contribution < -0.4 is 14.8 Å². The SMILES string of the molecule is CCCNc1ccc2ncc(-c3ccc4c(c3)OCO4)n2n1. The first-order chi connectivity index (χ1) is 10.8. The lowest BCUT2D eigenvalue weighted by Crippen LogP contribution is -2.05. The predicted molar refractivity (Wildman–Crippen MR) is 83.3 cm³/mol. The molecule has 3 heterocycles. The number of benzene rings is 1. The molecule has 0 radical (unpaired) electrons. The van der Waals surface area contributed by atoms with E-state index >= 15 is 0 Å². The number of ether oxygens (including phenoxy) is 2. The minimum Gasteiger partial charge on any atom is -0.454 e. The van der Waals surface area contributed by atoms with Crippen molar-refractivity contribution in [1.82, 2.24) is 14.6 Å². The monoisotopic (exact) mass is 296 g/mol. The molecule has 6 heteroatoms. The molecule has 1 aliphatic heterocycles. The Morgan fingerprint density at radius 3 is 3.00 bits per heavy atom. The van der Waals surface area contributed by atoms with E-state index in [1.807, 2.05) is 41.0 Å². The summed E-state index contributed by atoms with van der Waals surface area (Å²) in [7, 11) is 0. The Balaban J connectivity index is 1.77. The maximum absolute atomic E-state index is 5.44. The molecule has 0 amide bonds. The molecular formula is C16H16N4O2. The van der Waals surface area contributed by atoms with E-state index in [-0.39, 0.29) is 6.79 Å². The highest BCUT2D eigenvalue weighted by molar-refractivity contribution is 5.67. The van der Waals surface area contributed by atoms with Crippen molar-refractivity contribution in [2.24, 2.45) is 0 Å². The fourth-order valence-corrected chi connectivity index (χ4v) is 2.47. The standard InChI is InChI=1S/C16H16N4O2/c1-2-7-17-15-5-6-16-18-9-12(20(16)19-15)11-3-4-13-14(8-11)22-10-21-13/h3-6,8-9H,2,7,10H2,1H3,(H,17,19). The van der Waals surface area contributed by atoms with Crippen LogP contribution in [0.15, 0.2) is 36.5 Å². The van der Waals surface area contributed by atoms with Crippen molar-refractivity contribution in [3.05, 3.63) is 36.5 Å². The summed E-state index contributed by atoms with van der Waals surface area (Å²) in [5.74, 6) is 2.37. The van der Waals surface area contributed by atoms with E-state index in [1.165, 1.54) is 0 Å². The number of fused-ring (bicyclic) bond motifs is 2. The van der Waals surface area contributed by atoms with Gasteiger partial charge in [-0.25, -0.2) is 9.50 Å². The van der Waals surface area contributed by atoms with Gasteiger partial charge in [-0.3, -0.25) is 0 Å². The Bertz CT molecular complexity index is 828. The van der Waals surface area contributed by atoms with Gasteiger partial charge in [-0.05, 0) is 36.8 Å². The quantitative estimate of drug-likeness (QED) is 0.802. The first-order valence-corrected chi connectivity index (χ1v) is 7.34. The molecule has 0 unspecified atom stereocenters. The summed E-state index contributed by atoms with van der Waals surface area (Å²) in [5.41, 5.74) is 2.74. The van der Waals surface area contributed by atoms with Crippen LogP contribution in [0.5, 0.6) is 11.5 Å². The van der Waals surface area contributed by atoms with Crippen LogP contribution in [-0.4, -0.2) is 27.9 Å². The zero-order valence-corrected chi connectivity index (χ0v) is 12.2. The molecule has 3 aromatic rings. The molecule has 1 aliphatic rings. The summed E-state index contributed by atoms with van der Waals surface area (Å²) < 4.78 is 12.6. The lowest BCUT2D eigenvalue weighted by atomic mass is 10.1. The smallest absolute Gasteiger partial charge is 0.231 e. The fraction of sp³-hybridized carbons (Fsp3) is 0.250. The van der Waals surface area contributed by atoms with Gasteiger partial charge >= 0.3 is 0 Å². The van der Waals surface area contributed by atoms with Crippen molar-refractivity contribution in [3.8, 4) is 22.8 Å². The highest BCUT2D eigenvalue weighted by atomic mass is 16.7. The zero-order valence-electron chi connectivity index (χ0n) is 12.2. The highest BCUT2D eigenvalue weighted by Crippen LogP contribution is 2.35. The van der Waals surface area contributed by atoms with Crippen LogP contribution in [0.1, 0.15) is 13.3 Å². The van der Waals surface area contributed by atoms with E-state index in [1.54, 1.807) is 0 Å². The number of hydrogen-bond donors (Lipinski definition) is 1. The predicted octanol–water partition coefficient (Wildman–Crippen LogP) is 2.95. The van der Waals surface area contributed by atoms with E-state index in [4.69, 9.17) is 9.47 Å². The molecule has 0 bridgehead atoms. The van der Waals surface area contributed by atoms with Gasteiger partial charge in [-0.2, -0.15) is 0 Å². The second-order valence-electron chi connectivity index (χ2n) is 5.13. The average molecular weight is 296 g/mol. The number of imidazole rings is 1. The number of anilines is 1. The molecule has 0 atom stereocenters. The van der Waals surface area contributed by atoms with Gasteiger partial charge < -0.3 is 14.8 Å². The molecule has 112 valence electrons. The van der Waals surface area contributed by atoms with Gasteiger partial charge in [0.15, 0.2) is 17.1 Å². The number of nitrogens with zero attached hydrogens (tertiary/aromatic N) is 3. The maximum atomic E-state index is 5.44. The number of hydrogen-bond acceptors (Lipinski definition) is 5. The summed E-state index contributed by atoms with van der Waals surface area (Å²) >= 11 is 0. The molecule has 22 heavy (non-hydrogen) atoms. The Labute approximate surface area is 127 Å². The lowest BCUT2D eigenvalue weighted by molar-refractivity contribution is 0.174. The number of nitrogens with one attached hydrogen (secondary N) is 1. The first kappa shape index (κ1) is 12.9. The minimum absolute atomic E-state index is 0.273. The van der Waals surface area contributed by atoms with E-state index in [0.29, 0.717) is 0 Å². The van der Waals surface area contributed by atoms with Crippen LogP contribution in [0.4, 0.5) is 5.82 Å². The third-order valence-electron chi connectivity index (χ3n) is 3.59. The zero-order chi connectivity index (χ0) is 14.9. The highest BCUT2D eigenvalue weighted by Gasteiger charge is 2.16. The molecule has 1 aromatic carbocycles. The summed E-state index contributed by atoms with van der Waals surface area (Å²) in [4.78, 5) is 4.41. The average Bonchev–Trinajstić information content (AvgIpc) is 3.18. The largest absolute Gasteiger partial charge is 0.454 e. The molecule has 0 aliphatic carbocycles. The topological polar surface area (TPSA) is 60.7 Å². The normalized spacial score (nSPS) is 12.8. The van der Waals surface area contributed by atoms with Crippen molar-refractivity contribution >= 4 is 11.5 Å². The molecule has 0 fully saturated rings. The lowest BCUT2D eigenvalue weighted by Gasteiger charge is -2.06. The van der Waals surface area contributed by atoms with Crippen LogP contribution in [-0.2, 0) is 0 Å². The van der Waals surface area contributed by atoms with Gasteiger partial charge in [0.05, 0.1) is 11.9 Å². The first-order valence-electron chi connectivity index (χ1n) is 7.34. The van der Waals surface area contributed by atoms with Crippen molar-refractivity contribution in [2.45, 2.75) is 13.3 Å². The van der Waals surface area contributed by atoms with E-state index in [0.717, 1.165) is 47.2 Å². The molecular weight excluding hydrogens is 280 g/mol. The minimum atomic E-state index is 0.273. The van der Waals surface area contributed by atoms with Crippen LogP contribution in [0.2, 0.25) is 0 Å².